The van der Waals surface area contributed by atoms with Crippen LogP contribution in [0.2, 0.25) is 0 Å². The summed E-state index contributed by atoms with van der Waals surface area (Å²) in [6, 6.07) is 0. The summed E-state index contributed by atoms with van der Waals surface area (Å²) >= 11 is 0. The van der Waals surface area contributed by atoms with Gasteiger partial charge in [-0.25, -0.2) is 0 Å². The summed E-state index contributed by atoms with van der Waals surface area (Å²) in [5, 5.41) is 8.16. The number of esters is 1. The van der Waals surface area contributed by atoms with Gasteiger partial charge in [-0.1, -0.05) is 0 Å². The summed E-state index contributed by atoms with van der Waals surface area (Å²) in [6.45, 7) is 0.414. The average molecular weight is 161 g/mol. The Morgan fingerprint density at radius 1 is 1.36 bits per heavy atom. The van der Waals surface area contributed by atoms with Gasteiger partial charge in [0.15, 0.2) is 0 Å². The van der Waals surface area contributed by atoms with Crippen LogP contribution in [-0.4, -0.2) is 30.2 Å². The van der Waals surface area contributed by atoms with Gasteiger partial charge in [0.1, 0.15) is 6.61 Å². The Morgan fingerprint density at radius 3 is 2.45 bits per heavy atom. The molecule has 11 heavy (non-hydrogen) atoms. The molecule has 0 aliphatic heterocycles. The van der Waals surface area contributed by atoms with Gasteiger partial charge in [-0.05, 0) is 0 Å². The fourth-order valence-corrected chi connectivity index (χ4v) is 0.454. The van der Waals surface area contributed by atoms with E-state index < -0.39 is 11.9 Å². The normalized spacial score (nSPS) is 9.18. The molecule has 0 aromatic heterocycles. The van der Waals surface area contributed by atoms with E-state index in [0.717, 1.165) is 0 Å². The van der Waals surface area contributed by atoms with E-state index in [0.29, 0.717) is 0 Å². The molecule has 3 N–H and O–H groups in total. The second-order valence-corrected chi connectivity index (χ2v) is 1.90. The first-order valence-corrected chi connectivity index (χ1v) is 3.24. The summed E-state index contributed by atoms with van der Waals surface area (Å²) < 4.78 is 4.51. The SMILES string of the molecule is NCCOC(=O)CCC(=O)O. The lowest BCUT2D eigenvalue weighted by Crippen LogP contribution is -2.14. The Bertz CT molecular complexity index is 146. The molecule has 0 aromatic rings. The third-order valence-electron chi connectivity index (χ3n) is 0.924. The number of hydrogen-bond donors (Lipinski definition) is 2. The minimum Gasteiger partial charge on any atom is -0.481 e. The van der Waals surface area contributed by atoms with E-state index in [1.54, 1.807) is 0 Å². The van der Waals surface area contributed by atoms with Crippen LogP contribution in [0.3, 0.4) is 0 Å². The summed E-state index contributed by atoms with van der Waals surface area (Å²) in [7, 11) is 0. The first-order valence-electron chi connectivity index (χ1n) is 3.24. The maximum absolute atomic E-state index is 10.6. The molecule has 0 radical (unpaired) electrons. The number of hydrogen-bond acceptors (Lipinski definition) is 4. The van der Waals surface area contributed by atoms with Crippen molar-refractivity contribution in [2.45, 2.75) is 12.8 Å². The predicted octanol–water partition coefficient (Wildman–Crippen LogP) is -0.647. The largest absolute Gasteiger partial charge is 0.481 e. The van der Waals surface area contributed by atoms with Gasteiger partial charge >= 0.3 is 11.9 Å². The number of carbonyl (C=O) groups is 2. The van der Waals surface area contributed by atoms with Crippen LogP contribution in [0.25, 0.3) is 0 Å². The molecule has 0 heterocycles. The van der Waals surface area contributed by atoms with Crippen molar-refractivity contribution in [2.75, 3.05) is 13.2 Å². The molecule has 0 fully saturated rings. The quantitative estimate of drug-likeness (QED) is 0.523. The van der Waals surface area contributed by atoms with Gasteiger partial charge in [0.2, 0.25) is 0 Å². The van der Waals surface area contributed by atoms with Crippen LogP contribution in [0.5, 0.6) is 0 Å². The van der Waals surface area contributed by atoms with E-state index >= 15 is 0 Å². The number of ether oxygens (including phenoxy) is 1. The number of nitrogens with two attached hydrogens (primary N) is 1. The molecular formula is C6H11NO4. The molecule has 0 bridgehead atoms. The Kier molecular flexibility index (Phi) is 5.10. The standard InChI is InChI=1S/C6H11NO4/c7-3-4-11-6(10)2-1-5(8)9/h1-4,7H2,(H,8,9). The van der Waals surface area contributed by atoms with Gasteiger partial charge in [0.25, 0.3) is 0 Å². The van der Waals surface area contributed by atoms with Crippen molar-refractivity contribution in [3.63, 3.8) is 0 Å². The average Bonchev–Trinajstić information content (AvgIpc) is 1.97. The lowest BCUT2D eigenvalue weighted by Gasteiger charge is -1.99. The van der Waals surface area contributed by atoms with Crippen molar-refractivity contribution in [1.29, 1.82) is 0 Å². The molecule has 0 aromatic carbocycles. The van der Waals surface area contributed by atoms with Crippen molar-refractivity contribution in [3.05, 3.63) is 0 Å². The maximum atomic E-state index is 10.6. The van der Waals surface area contributed by atoms with Crippen LogP contribution in [0.1, 0.15) is 12.8 Å². The lowest BCUT2D eigenvalue weighted by atomic mass is 10.3. The molecule has 0 aliphatic rings. The molecule has 0 unspecified atom stereocenters. The number of carbonyl (C=O) groups excluding carboxylic acids is 1. The fraction of sp³-hybridized carbons (Fsp3) is 0.667. The van der Waals surface area contributed by atoms with E-state index in [1.165, 1.54) is 0 Å². The minimum absolute atomic E-state index is 0.0880. The van der Waals surface area contributed by atoms with Crippen LogP contribution >= 0.6 is 0 Å². The van der Waals surface area contributed by atoms with Crippen LogP contribution in [-0.2, 0) is 14.3 Å². The van der Waals surface area contributed by atoms with E-state index in [4.69, 9.17) is 10.8 Å². The van der Waals surface area contributed by atoms with Crippen molar-refractivity contribution >= 4 is 11.9 Å². The molecule has 5 nitrogen and oxygen atoms in total. The molecule has 0 aliphatic carbocycles. The minimum atomic E-state index is -1.00. The zero-order valence-electron chi connectivity index (χ0n) is 6.08. The highest BCUT2D eigenvalue weighted by molar-refractivity contribution is 5.76. The molecule has 0 saturated heterocycles. The Morgan fingerprint density at radius 2 is 2.00 bits per heavy atom. The maximum Gasteiger partial charge on any atom is 0.306 e. The third-order valence-corrected chi connectivity index (χ3v) is 0.924. The summed E-state index contributed by atoms with van der Waals surface area (Å²) in [4.78, 5) is 20.5. The van der Waals surface area contributed by atoms with Crippen molar-refractivity contribution in [3.8, 4) is 0 Å². The molecule has 0 atom stereocenters. The van der Waals surface area contributed by atoms with Gasteiger partial charge < -0.3 is 15.6 Å². The van der Waals surface area contributed by atoms with Gasteiger partial charge in [-0.15, -0.1) is 0 Å². The summed E-state index contributed by atoms with van der Waals surface area (Å²) in [6.07, 6.45) is -0.279. The van der Waals surface area contributed by atoms with Gasteiger partial charge in [-0.2, -0.15) is 0 Å². The molecule has 0 saturated carbocycles. The van der Waals surface area contributed by atoms with Gasteiger partial charge in [-0.3, -0.25) is 9.59 Å². The summed E-state index contributed by atoms with van der Waals surface area (Å²) in [5.41, 5.74) is 5.04. The highest BCUT2D eigenvalue weighted by Crippen LogP contribution is 1.91. The van der Waals surface area contributed by atoms with Gasteiger partial charge in [0, 0.05) is 6.54 Å². The lowest BCUT2D eigenvalue weighted by molar-refractivity contribution is -0.147. The summed E-state index contributed by atoms with van der Waals surface area (Å²) in [5.74, 6) is -1.52. The van der Waals surface area contributed by atoms with Gasteiger partial charge in [0.05, 0.1) is 12.8 Å². The zero-order valence-corrected chi connectivity index (χ0v) is 6.08. The Labute approximate surface area is 64.1 Å². The van der Waals surface area contributed by atoms with E-state index in [-0.39, 0.29) is 26.0 Å². The molecule has 0 amide bonds. The molecule has 5 heteroatoms. The molecule has 0 rings (SSSR count). The van der Waals surface area contributed by atoms with Crippen LogP contribution in [0.15, 0.2) is 0 Å². The number of carboxylic acid groups (broad SMARTS) is 1. The second kappa shape index (κ2) is 5.67. The number of aliphatic carboxylic acids is 1. The first kappa shape index (κ1) is 9.90. The number of carboxylic acids is 1. The van der Waals surface area contributed by atoms with Crippen molar-refractivity contribution in [1.82, 2.24) is 0 Å². The van der Waals surface area contributed by atoms with Crippen LogP contribution in [0.4, 0.5) is 0 Å². The van der Waals surface area contributed by atoms with Crippen LogP contribution < -0.4 is 5.73 Å². The Balaban J connectivity index is 3.30. The first-order chi connectivity index (χ1) is 5.16. The van der Waals surface area contributed by atoms with E-state index in [9.17, 15) is 9.59 Å². The molecule has 0 spiro atoms. The fourth-order valence-electron chi connectivity index (χ4n) is 0.454. The van der Waals surface area contributed by atoms with Crippen LogP contribution in [0, 0.1) is 0 Å². The zero-order chi connectivity index (χ0) is 8.69. The topological polar surface area (TPSA) is 89.6 Å². The monoisotopic (exact) mass is 161 g/mol. The highest BCUT2D eigenvalue weighted by Gasteiger charge is 2.04. The predicted molar refractivity (Wildman–Crippen MR) is 36.9 cm³/mol. The van der Waals surface area contributed by atoms with Crippen molar-refractivity contribution < 1.29 is 19.4 Å². The van der Waals surface area contributed by atoms with E-state index in [2.05, 4.69) is 4.74 Å². The second-order valence-electron chi connectivity index (χ2n) is 1.90. The van der Waals surface area contributed by atoms with E-state index in [1.807, 2.05) is 0 Å². The Hall–Kier alpha value is -1.10. The molecular weight excluding hydrogens is 150 g/mol. The number of rotatable bonds is 5. The smallest absolute Gasteiger partial charge is 0.306 e. The molecule has 64 valence electrons. The third kappa shape index (κ3) is 6.79. The highest BCUT2D eigenvalue weighted by atomic mass is 16.5. The van der Waals surface area contributed by atoms with Crippen molar-refractivity contribution in [2.24, 2.45) is 5.73 Å².